The fourth-order valence-electron chi connectivity index (χ4n) is 0.226. The van der Waals surface area contributed by atoms with Crippen molar-refractivity contribution >= 4 is 13.5 Å². The molecule has 0 heterocycles. The van der Waals surface area contributed by atoms with Crippen LogP contribution in [0.4, 0.5) is 0 Å². The molecule has 0 radical (unpaired) electrons. The maximum atomic E-state index is 10.2. The van der Waals surface area contributed by atoms with Gasteiger partial charge in [0.25, 0.3) is 0 Å². The number of hydrogen-bond acceptors (Lipinski definition) is 4. The summed E-state index contributed by atoms with van der Waals surface area (Å²) in [5, 5.41) is 7.62. The minimum absolute atomic E-state index is 0.872. The van der Waals surface area contributed by atoms with Crippen LogP contribution in [0.5, 0.6) is 0 Å². The summed E-state index contributed by atoms with van der Waals surface area (Å²) in [6.07, 6.45) is -0.872. The molecule has 0 aliphatic carbocycles. The van der Waals surface area contributed by atoms with Gasteiger partial charge in [-0.2, -0.15) is 4.67 Å². The quantitative estimate of drug-likeness (QED) is 0.279. The molecule has 0 aromatic rings. The molecule has 0 aromatic carbocycles. The molecule has 0 aromatic heterocycles. The molecule has 0 saturated carbocycles. The van der Waals surface area contributed by atoms with Crippen molar-refractivity contribution in [1.29, 1.82) is 0 Å². The molecule has 0 fully saturated rings. The van der Waals surface area contributed by atoms with E-state index in [0.717, 1.165) is 0 Å². The van der Waals surface area contributed by atoms with Crippen LogP contribution in [-0.4, -0.2) is 22.2 Å². The van der Waals surface area contributed by atoms with Crippen LogP contribution in [0.15, 0.2) is 0 Å². The van der Waals surface area contributed by atoms with Gasteiger partial charge in [0.15, 0.2) is 0 Å². The van der Waals surface area contributed by atoms with Crippen molar-refractivity contribution < 1.29 is 24.2 Å². The normalized spacial score (nSPS) is 16.7. The molecular weight excluding hydrogens is 149 g/mol. The first-order valence-electron chi connectivity index (χ1n) is 1.91. The van der Waals surface area contributed by atoms with Crippen molar-refractivity contribution in [3.63, 3.8) is 0 Å². The summed E-state index contributed by atoms with van der Waals surface area (Å²) in [6, 6.07) is 0. The lowest BCUT2D eigenvalue weighted by Crippen LogP contribution is -2.16. The summed E-state index contributed by atoms with van der Waals surface area (Å²) in [6.45, 7) is 0. The molecule has 0 saturated heterocycles. The summed E-state index contributed by atoms with van der Waals surface area (Å²) >= 11 is 0. The molecule has 1 unspecified atom stereocenters. The summed E-state index contributed by atoms with van der Waals surface area (Å²) < 4.78 is 13.2. The van der Waals surface area contributed by atoms with E-state index in [-0.39, 0.29) is 0 Å². The Morgan fingerprint density at radius 2 is 2.22 bits per heavy atom. The highest BCUT2D eigenvalue weighted by molar-refractivity contribution is 7.53. The second-order valence-corrected chi connectivity index (χ2v) is 3.10. The van der Waals surface area contributed by atoms with E-state index in [1.165, 1.54) is 0 Å². The number of hydrogen-bond donors (Lipinski definition) is 3. The molecule has 9 heavy (non-hydrogen) atoms. The third-order valence-corrected chi connectivity index (χ3v) is 1.45. The monoisotopic (exact) mass is 155 g/mol. The molecule has 54 valence electrons. The van der Waals surface area contributed by atoms with Crippen LogP contribution < -0.4 is 5.73 Å². The van der Waals surface area contributed by atoms with Gasteiger partial charge in [-0.15, -0.1) is 0 Å². The van der Waals surface area contributed by atoms with Gasteiger partial charge in [0, 0.05) is 0 Å². The molecule has 0 aliphatic heterocycles. The van der Waals surface area contributed by atoms with E-state index in [2.05, 4.69) is 10.4 Å². The summed E-state index contributed by atoms with van der Waals surface area (Å²) in [7, 11) is -4.15. The van der Waals surface area contributed by atoms with E-state index >= 15 is 0 Å². The topological polar surface area (TPSA) is 110 Å². The minimum Gasteiger partial charge on any atom is -0.369 e. The molecule has 0 spiro atoms. The van der Waals surface area contributed by atoms with Gasteiger partial charge in [-0.1, -0.05) is 0 Å². The number of primary amides is 1. The Morgan fingerprint density at radius 3 is 2.33 bits per heavy atom. The van der Waals surface area contributed by atoms with Crippen molar-refractivity contribution in [2.45, 2.75) is 0 Å². The third-order valence-electron chi connectivity index (χ3n) is 0.483. The fourth-order valence-corrected chi connectivity index (χ4v) is 0.677. The average Bonchev–Trinajstić information content (AvgIpc) is 1.63. The Morgan fingerprint density at radius 1 is 1.78 bits per heavy atom. The summed E-state index contributed by atoms with van der Waals surface area (Å²) in [5.41, 5.74) is 4.49. The molecule has 0 aliphatic rings. The Hall–Kier alpha value is -0.420. The molecule has 0 rings (SSSR count). The predicted molar refractivity (Wildman–Crippen MR) is 27.6 cm³/mol. The highest BCUT2D eigenvalue weighted by Crippen LogP contribution is 2.39. The van der Waals surface area contributed by atoms with Crippen molar-refractivity contribution in [3.8, 4) is 0 Å². The zero-order valence-corrected chi connectivity index (χ0v) is 5.25. The van der Waals surface area contributed by atoms with Crippen LogP contribution in [0.1, 0.15) is 0 Å². The van der Waals surface area contributed by atoms with E-state index in [9.17, 15) is 9.36 Å². The maximum absolute atomic E-state index is 10.2. The summed E-state index contributed by atoms with van der Waals surface area (Å²) in [5.74, 6) is -1.00. The minimum atomic E-state index is -4.15. The van der Waals surface area contributed by atoms with E-state index in [1.54, 1.807) is 0 Å². The third kappa shape index (κ3) is 4.11. The number of carbonyl (C=O) groups excluding carboxylic acids is 1. The lowest BCUT2D eigenvalue weighted by atomic mass is 10.8. The van der Waals surface area contributed by atoms with Gasteiger partial charge in [-0.3, -0.25) is 9.36 Å². The van der Waals surface area contributed by atoms with Crippen LogP contribution in [0.25, 0.3) is 0 Å². The Balaban J connectivity index is 3.88. The van der Waals surface area contributed by atoms with Crippen LogP contribution >= 0.6 is 7.60 Å². The highest BCUT2D eigenvalue weighted by atomic mass is 31.2. The molecule has 4 N–H and O–H groups in total. The second kappa shape index (κ2) is 2.93. The zero-order valence-electron chi connectivity index (χ0n) is 4.35. The van der Waals surface area contributed by atoms with Gasteiger partial charge in [0.05, 0.1) is 0 Å². The Bertz CT molecular complexity index is 155. The second-order valence-electron chi connectivity index (χ2n) is 1.34. The van der Waals surface area contributed by atoms with E-state index in [1.807, 2.05) is 0 Å². The number of amides is 1. The van der Waals surface area contributed by atoms with Crippen molar-refractivity contribution in [3.05, 3.63) is 0 Å². The lowest BCUT2D eigenvalue weighted by molar-refractivity contribution is -0.146. The van der Waals surface area contributed by atoms with Crippen LogP contribution in [0.2, 0.25) is 0 Å². The number of nitrogens with two attached hydrogens (primary N) is 1. The SMILES string of the molecule is NC(=O)CP(=O)(O)OO. The maximum Gasteiger partial charge on any atom is 0.364 e. The van der Waals surface area contributed by atoms with Crippen LogP contribution in [-0.2, 0) is 14.0 Å². The first-order chi connectivity index (χ1) is 3.98. The molecule has 0 bridgehead atoms. The standard InChI is InChI=1S/C2H6NO5P/c3-2(4)1-9(6,7)8-5/h5H,1H2,(H2,3,4)(H,6,7). The van der Waals surface area contributed by atoms with E-state index in [0.29, 0.717) is 0 Å². The molecule has 6 nitrogen and oxygen atoms in total. The predicted octanol–water partition coefficient (Wildman–Crippen LogP) is -0.853. The van der Waals surface area contributed by atoms with Gasteiger partial charge in [0.1, 0.15) is 6.16 Å². The smallest absolute Gasteiger partial charge is 0.364 e. The first-order valence-corrected chi connectivity index (χ1v) is 3.67. The molecular formula is C2H6NO5P. The lowest BCUT2D eigenvalue weighted by Gasteiger charge is -2.01. The van der Waals surface area contributed by atoms with Gasteiger partial charge in [0.2, 0.25) is 5.91 Å². The largest absolute Gasteiger partial charge is 0.369 e. The van der Waals surface area contributed by atoms with Gasteiger partial charge < -0.3 is 10.6 Å². The zero-order chi connectivity index (χ0) is 7.49. The molecule has 1 amide bonds. The first kappa shape index (κ1) is 8.58. The van der Waals surface area contributed by atoms with Crippen molar-refractivity contribution in [2.24, 2.45) is 5.73 Å². The van der Waals surface area contributed by atoms with E-state index in [4.69, 9.17) is 10.2 Å². The summed E-state index contributed by atoms with van der Waals surface area (Å²) in [4.78, 5) is 18.1. The highest BCUT2D eigenvalue weighted by Gasteiger charge is 2.21. The fraction of sp³-hybridized carbons (Fsp3) is 0.500. The molecule has 1 atom stereocenters. The van der Waals surface area contributed by atoms with E-state index < -0.39 is 19.7 Å². The van der Waals surface area contributed by atoms with Crippen LogP contribution in [0, 0.1) is 0 Å². The average molecular weight is 155 g/mol. The number of rotatable bonds is 3. The van der Waals surface area contributed by atoms with Crippen molar-refractivity contribution in [1.82, 2.24) is 0 Å². The molecule has 7 heteroatoms. The van der Waals surface area contributed by atoms with Crippen molar-refractivity contribution in [2.75, 3.05) is 6.16 Å². The Kier molecular flexibility index (Phi) is 2.80. The van der Waals surface area contributed by atoms with Crippen LogP contribution in [0.3, 0.4) is 0 Å². The van der Waals surface area contributed by atoms with Gasteiger partial charge >= 0.3 is 7.60 Å². The number of carbonyl (C=O) groups is 1. The van der Waals surface area contributed by atoms with Gasteiger partial charge in [-0.25, -0.2) is 5.26 Å². The Labute approximate surface area is 50.7 Å². The van der Waals surface area contributed by atoms with Gasteiger partial charge in [-0.05, 0) is 0 Å².